The number of carbonyl (C=O) groups is 2. The highest BCUT2D eigenvalue weighted by Gasteiger charge is 2.52. The van der Waals surface area contributed by atoms with Gasteiger partial charge in [0.2, 0.25) is 11.8 Å². The zero-order valence-electron chi connectivity index (χ0n) is 13.7. The molecule has 0 bridgehead atoms. The number of benzene rings is 1. The van der Waals surface area contributed by atoms with E-state index >= 15 is 0 Å². The summed E-state index contributed by atoms with van der Waals surface area (Å²) in [4.78, 5) is 25.0. The van der Waals surface area contributed by atoms with Crippen LogP contribution in [0.15, 0.2) is 24.3 Å². The minimum Gasteiger partial charge on any atom is -0.375 e. The maximum Gasteiger partial charge on any atom is 0.248 e. The van der Waals surface area contributed by atoms with Crippen LogP contribution in [0.25, 0.3) is 0 Å². The van der Waals surface area contributed by atoms with Gasteiger partial charge in [0.1, 0.15) is 6.61 Å². The van der Waals surface area contributed by atoms with Gasteiger partial charge in [0.25, 0.3) is 0 Å². The predicted molar refractivity (Wildman–Crippen MR) is 87.0 cm³/mol. The van der Waals surface area contributed by atoms with Gasteiger partial charge < -0.3 is 15.0 Å². The molecule has 1 saturated carbocycles. The van der Waals surface area contributed by atoms with E-state index in [-0.39, 0.29) is 25.0 Å². The first-order valence-corrected chi connectivity index (χ1v) is 8.19. The van der Waals surface area contributed by atoms with Gasteiger partial charge in [0, 0.05) is 20.7 Å². The van der Waals surface area contributed by atoms with Crippen molar-refractivity contribution in [2.24, 2.45) is 11.8 Å². The van der Waals surface area contributed by atoms with Crippen LogP contribution in [-0.4, -0.2) is 50.6 Å². The molecule has 0 saturated heterocycles. The number of nitrogens with zero attached hydrogens (tertiary/aromatic N) is 1. The van der Waals surface area contributed by atoms with E-state index in [1.54, 1.807) is 7.05 Å². The highest BCUT2D eigenvalue weighted by Crippen LogP contribution is 2.59. The number of rotatable bonds is 6. The molecule has 1 N–H and O–H groups in total. The highest BCUT2D eigenvalue weighted by atomic mass is 16.5. The van der Waals surface area contributed by atoms with E-state index in [1.807, 2.05) is 0 Å². The summed E-state index contributed by atoms with van der Waals surface area (Å²) < 4.78 is 4.79. The van der Waals surface area contributed by atoms with Gasteiger partial charge in [-0.1, -0.05) is 24.3 Å². The van der Waals surface area contributed by atoms with E-state index in [9.17, 15) is 9.59 Å². The quantitative estimate of drug-likeness (QED) is 0.857. The number of aryl methyl sites for hydroxylation is 1. The fraction of sp³-hybridized carbons (Fsp3) is 0.556. The highest BCUT2D eigenvalue weighted by molar-refractivity contribution is 5.85. The third-order valence-corrected chi connectivity index (χ3v) is 5.10. The molecule has 1 fully saturated rings. The van der Waals surface area contributed by atoms with E-state index in [0.717, 1.165) is 6.42 Å². The van der Waals surface area contributed by atoms with Crippen LogP contribution in [0, 0.1) is 11.8 Å². The largest absolute Gasteiger partial charge is 0.375 e. The Balaban J connectivity index is 1.47. The molecular formula is C18H24N2O3. The molecule has 0 spiro atoms. The Hall–Kier alpha value is -1.88. The third-order valence-electron chi connectivity index (χ3n) is 5.10. The van der Waals surface area contributed by atoms with Crippen molar-refractivity contribution in [2.75, 3.05) is 33.9 Å². The summed E-state index contributed by atoms with van der Waals surface area (Å²) in [5, 5.41) is 2.99. The number of nitrogens with one attached hydrogen (secondary N) is 1. The molecule has 2 aliphatic rings. The normalized spacial score (nSPS) is 24.3. The van der Waals surface area contributed by atoms with Gasteiger partial charge in [-0.25, -0.2) is 0 Å². The van der Waals surface area contributed by atoms with Crippen molar-refractivity contribution in [1.82, 2.24) is 10.2 Å². The summed E-state index contributed by atoms with van der Waals surface area (Å²) in [6.45, 7) is 0.795. The number of fused-ring (bicyclic) bond motifs is 3. The Kier molecular flexibility index (Phi) is 4.66. The van der Waals surface area contributed by atoms with Gasteiger partial charge >= 0.3 is 0 Å². The zero-order chi connectivity index (χ0) is 16.4. The molecule has 5 heteroatoms. The molecule has 1 aromatic rings. The van der Waals surface area contributed by atoms with Crippen molar-refractivity contribution in [3.05, 3.63) is 35.4 Å². The predicted octanol–water partition coefficient (Wildman–Crippen LogP) is 1.18. The molecule has 0 aromatic heterocycles. The van der Waals surface area contributed by atoms with Gasteiger partial charge in [-0.3, -0.25) is 9.59 Å². The Morgan fingerprint density at radius 2 is 2.13 bits per heavy atom. The summed E-state index contributed by atoms with van der Waals surface area (Å²) in [6, 6.07) is 8.65. The van der Waals surface area contributed by atoms with Gasteiger partial charge in [0.15, 0.2) is 0 Å². The smallest absolute Gasteiger partial charge is 0.248 e. The van der Waals surface area contributed by atoms with Crippen molar-refractivity contribution < 1.29 is 14.3 Å². The molecule has 0 heterocycles. The molecule has 124 valence electrons. The molecule has 3 rings (SSSR count). The van der Waals surface area contributed by atoms with Crippen LogP contribution in [0.2, 0.25) is 0 Å². The van der Waals surface area contributed by atoms with Crippen molar-refractivity contribution in [3.8, 4) is 0 Å². The number of methoxy groups -OCH3 is 1. The molecule has 3 atom stereocenters. The van der Waals surface area contributed by atoms with Crippen molar-refractivity contribution in [1.29, 1.82) is 0 Å². The van der Waals surface area contributed by atoms with E-state index in [1.165, 1.54) is 29.6 Å². The number of amides is 2. The number of carbonyl (C=O) groups excluding carboxylic acids is 2. The second kappa shape index (κ2) is 6.71. The van der Waals surface area contributed by atoms with Crippen LogP contribution >= 0.6 is 0 Å². The molecule has 23 heavy (non-hydrogen) atoms. The maximum atomic E-state index is 12.0. The van der Waals surface area contributed by atoms with E-state index in [0.29, 0.717) is 24.3 Å². The molecule has 0 radical (unpaired) electrons. The van der Waals surface area contributed by atoms with Gasteiger partial charge in [-0.05, 0) is 41.7 Å². The lowest BCUT2D eigenvalue weighted by molar-refractivity contribution is -0.137. The van der Waals surface area contributed by atoms with Crippen LogP contribution in [-0.2, 0) is 20.7 Å². The Bertz CT molecular complexity index is 602. The first-order valence-electron chi connectivity index (χ1n) is 8.19. The summed E-state index contributed by atoms with van der Waals surface area (Å²) in [7, 11) is 3.09. The van der Waals surface area contributed by atoms with Crippen LogP contribution in [0.3, 0.4) is 0 Å². The summed E-state index contributed by atoms with van der Waals surface area (Å²) in [6.07, 6.45) is 2.37. The third kappa shape index (κ3) is 3.39. The number of ether oxygens (including phenoxy) is 1. The minimum atomic E-state index is -0.184. The van der Waals surface area contributed by atoms with Gasteiger partial charge in [0.05, 0.1) is 6.54 Å². The standard InChI is InChI=1S/C18H24N2O3/c1-20(17(22)11-23-2)10-16(21)19-9-15-14-8-7-12-5-3-4-6-13(12)18(14)15/h3-6,14-15,18H,7-11H2,1-2H3,(H,19,21)/t14-,15+,18+/m0/s1. The zero-order valence-corrected chi connectivity index (χ0v) is 13.7. The molecule has 2 amide bonds. The first kappa shape index (κ1) is 16.0. The molecule has 0 aliphatic heterocycles. The minimum absolute atomic E-state index is 0.00728. The van der Waals surface area contributed by atoms with Crippen molar-refractivity contribution in [2.45, 2.75) is 18.8 Å². The van der Waals surface area contributed by atoms with E-state index in [4.69, 9.17) is 4.74 Å². The van der Waals surface area contributed by atoms with E-state index in [2.05, 4.69) is 29.6 Å². The fourth-order valence-corrected chi connectivity index (χ4v) is 3.81. The van der Waals surface area contributed by atoms with Crippen LogP contribution in [0.4, 0.5) is 0 Å². The SMILES string of the molecule is COCC(=O)N(C)CC(=O)NC[C@@H]1[C@@H]2CCc3ccccc3[C@@H]12. The lowest BCUT2D eigenvalue weighted by Crippen LogP contribution is -2.40. The van der Waals surface area contributed by atoms with E-state index < -0.39 is 0 Å². The molecule has 1 aromatic carbocycles. The molecule has 0 unspecified atom stereocenters. The lowest BCUT2D eigenvalue weighted by Gasteiger charge is -2.16. The van der Waals surface area contributed by atoms with Crippen LogP contribution < -0.4 is 5.32 Å². The lowest BCUT2D eigenvalue weighted by atomic mass is 9.92. The number of likely N-dealkylation sites (N-methyl/N-ethyl adjacent to an activating group) is 1. The van der Waals surface area contributed by atoms with Crippen LogP contribution in [0.5, 0.6) is 0 Å². The summed E-state index contributed by atoms with van der Waals surface area (Å²) in [5.41, 5.74) is 2.93. The first-order chi connectivity index (χ1) is 11.1. The number of hydrogen-bond acceptors (Lipinski definition) is 3. The van der Waals surface area contributed by atoms with Crippen molar-refractivity contribution >= 4 is 11.8 Å². The number of hydrogen-bond donors (Lipinski definition) is 1. The summed E-state index contributed by atoms with van der Waals surface area (Å²) >= 11 is 0. The topological polar surface area (TPSA) is 58.6 Å². The molecular weight excluding hydrogens is 292 g/mol. The van der Waals surface area contributed by atoms with Crippen molar-refractivity contribution in [3.63, 3.8) is 0 Å². The summed E-state index contributed by atoms with van der Waals surface area (Å²) in [5.74, 6) is 1.57. The Labute approximate surface area is 137 Å². The average Bonchev–Trinajstić information content (AvgIpc) is 3.27. The Morgan fingerprint density at radius 1 is 1.35 bits per heavy atom. The fourth-order valence-electron chi connectivity index (χ4n) is 3.81. The average molecular weight is 316 g/mol. The van der Waals surface area contributed by atoms with Gasteiger partial charge in [-0.15, -0.1) is 0 Å². The van der Waals surface area contributed by atoms with Gasteiger partial charge in [-0.2, -0.15) is 0 Å². The van der Waals surface area contributed by atoms with Crippen LogP contribution in [0.1, 0.15) is 23.5 Å². The molecule has 5 nitrogen and oxygen atoms in total. The maximum absolute atomic E-state index is 12.0. The second-order valence-corrected chi connectivity index (χ2v) is 6.58. The second-order valence-electron chi connectivity index (χ2n) is 6.58. The monoisotopic (exact) mass is 316 g/mol. The Morgan fingerprint density at radius 3 is 2.91 bits per heavy atom. The molecule has 2 aliphatic carbocycles.